The molecule has 2 rings (SSSR count). The van der Waals surface area contributed by atoms with Crippen LogP contribution < -0.4 is 9.47 Å². The minimum absolute atomic E-state index is 0.0640. The fourth-order valence-corrected chi connectivity index (χ4v) is 3.03. The standard InChI is InChI=1S/C12H16O5S/c1-16-12-6-9(4-5-13)2-3-11(12)17-10-7-18(14,15)8-10/h2-3,6,10,13H,4-5,7-8H2,1H3. The molecule has 1 fully saturated rings. The first-order valence-electron chi connectivity index (χ1n) is 5.69. The molecule has 0 spiro atoms. The van der Waals surface area contributed by atoms with Crippen LogP contribution in [0.2, 0.25) is 0 Å². The maximum absolute atomic E-state index is 11.0. The second kappa shape index (κ2) is 5.16. The smallest absolute Gasteiger partial charge is 0.161 e. The summed E-state index contributed by atoms with van der Waals surface area (Å²) in [6.45, 7) is 0.0736. The summed E-state index contributed by atoms with van der Waals surface area (Å²) in [4.78, 5) is 0. The highest BCUT2D eigenvalue weighted by atomic mass is 32.2. The number of benzene rings is 1. The average Bonchev–Trinajstić information content (AvgIpc) is 2.29. The van der Waals surface area contributed by atoms with Crippen LogP contribution in [0.5, 0.6) is 11.5 Å². The summed E-state index contributed by atoms with van der Waals surface area (Å²) in [6, 6.07) is 5.37. The van der Waals surface area contributed by atoms with Gasteiger partial charge in [0, 0.05) is 6.61 Å². The summed E-state index contributed by atoms with van der Waals surface area (Å²) < 4.78 is 32.9. The van der Waals surface area contributed by atoms with Crippen molar-refractivity contribution in [1.82, 2.24) is 0 Å². The van der Waals surface area contributed by atoms with Crippen LogP contribution in [0.25, 0.3) is 0 Å². The molecule has 1 heterocycles. The summed E-state index contributed by atoms with van der Waals surface area (Å²) in [5, 5.41) is 8.86. The number of hydrogen-bond acceptors (Lipinski definition) is 5. The number of aliphatic hydroxyl groups excluding tert-OH is 1. The molecular formula is C12H16O5S. The molecule has 0 saturated carbocycles. The Bertz CT molecular complexity index is 511. The summed E-state index contributed by atoms with van der Waals surface area (Å²) >= 11 is 0. The lowest BCUT2D eigenvalue weighted by Crippen LogP contribution is -2.45. The lowest BCUT2D eigenvalue weighted by molar-refractivity contribution is 0.219. The van der Waals surface area contributed by atoms with Gasteiger partial charge in [0.1, 0.15) is 6.10 Å². The number of rotatable bonds is 5. The van der Waals surface area contributed by atoms with E-state index >= 15 is 0 Å². The Balaban J connectivity index is 2.08. The number of aliphatic hydroxyl groups is 1. The monoisotopic (exact) mass is 272 g/mol. The van der Waals surface area contributed by atoms with Gasteiger partial charge in [0.2, 0.25) is 0 Å². The second-order valence-electron chi connectivity index (χ2n) is 4.28. The van der Waals surface area contributed by atoms with E-state index in [1.54, 1.807) is 12.1 Å². The third-order valence-corrected chi connectivity index (χ3v) is 4.56. The molecule has 0 aromatic heterocycles. The molecule has 6 heteroatoms. The van der Waals surface area contributed by atoms with Gasteiger partial charge in [-0.15, -0.1) is 0 Å². The van der Waals surface area contributed by atoms with Crippen LogP contribution in [0.1, 0.15) is 5.56 Å². The minimum atomic E-state index is -2.89. The zero-order chi connectivity index (χ0) is 13.2. The van der Waals surface area contributed by atoms with Crippen LogP contribution in [0.3, 0.4) is 0 Å². The van der Waals surface area contributed by atoms with E-state index in [0.717, 1.165) is 5.56 Å². The van der Waals surface area contributed by atoms with Gasteiger partial charge >= 0.3 is 0 Å². The summed E-state index contributed by atoms with van der Waals surface area (Å²) in [5.74, 6) is 1.23. The van der Waals surface area contributed by atoms with Crippen molar-refractivity contribution in [2.24, 2.45) is 0 Å². The van der Waals surface area contributed by atoms with Crippen molar-refractivity contribution < 1.29 is 23.0 Å². The molecule has 0 amide bonds. The van der Waals surface area contributed by atoms with Gasteiger partial charge in [-0.3, -0.25) is 0 Å². The third-order valence-electron chi connectivity index (χ3n) is 2.80. The highest BCUT2D eigenvalue weighted by Crippen LogP contribution is 2.31. The summed E-state index contributed by atoms with van der Waals surface area (Å²) in [6.07, 6.45) is 0.265. The van der Waals surface area contributed by atoms with Crippen molar-refractivity contribution in [3.63, 3.8) is 0 Å². The van der Waals surface area contributed by atoms with Gasteiger partial charge < -0.3 is 14.6 Å². The molecule has 18 heavy (non-hydrogen) atoms. The van der Waals surface area contributed by atoms with Gasteiger partial charge in [-0.05, 0) is 24.1 Å². The molecule has 0 radical (unpaired) electrons. The molecule has 0 atom stereocenters. The van der Waals surface area contributed by atoms with Crippen LogP contribution in [0.4, 0.5) is 0 Å². The van der Waals surface area contributed by atoms with E-state index in [9.17, 15) is 8.42 Å². The predicted molar refractivity (Wildman–Crippen MR) is 66.9 cm³/mol. The highest BCUT2D eigenvalue weighted by molar-refractivity contribution is 7.92. The molecule has 1 aromatic carbocycles. The van der Waals surface area contributed by atoms with E-state index in [4.69, 9.17) is 14.6 Å². The first-order chi connectivity index (χ1) is 8.54. The molecule has 0 bridgehead atoms. The third kappa shape index (κ3) is 2.94. The maximum Gasteiger partial charge on any atom is 0.161 e. The molecule has 0 unspecified atom stereocenters. The normalized spacial score (nSPS) is 18.1. The molecule has 1 aromatic rings. The number of sulfone groups is 1. The second-order valence-corrected chi connectivity index (χ2v) is 6.43. The summed E-state index contributed by atoms with van der Waals surface area (Å²) in [7, 11) is -1.36. The van der Waals surface area contributed by atoms with Crippen molar-refractivity contribution in [1.29, 1.82) is 0 Å². The quantitative estimate of drug-likeness (QED) is 0.840. The van der Waals surface area contributed by atoms with Crippen molar-refractivity contribution in [2.45, 2.75) is 12.5 Å². The van der Waals surface area contributed by atoms with E-state index in [1.165, 1.54) is 7.11 Å². The van der Waals surface area contributed by atoms with Gasteiger partial charge in [-0.2, -0.15) is 0 Å². The first kappa shape index (κ1) is 13.2. The van der Waals surface area contributed by atoms with Gasteiger partial charge in [0.15, 0.2) is 21.3 Å². The number of ether oxygens (including phenoxy) is 2. The Morgan fingerprint density at radius 2 is 2.06 bits per heavy atom. The van der Waals surface area contributed by atoms with E-state index in [1.807, 2.05) is 6.07 Å². The Kier molecular flexibility index (Phi) is 3.77. The minimum Gasteiger partial charge on any atom is -0.493 e. The topological polar surface area (TPSA) is 72.8 Å². The molecule has 1 saturated heterocycles. The molecular weight excluding hydrogens is 256 g/mol. The Hall–Kier alpha value is -1.27. The van der Waals surface area contributed by atoms with Gasteiger partial charge in [-0.1, -0.05) is 6.07 Å². The number of hydrogen-bond donors (Lipinski definition) is 1. The number of methoxy groups -OCH3 is 1. The van der Waals surface area contributed by atoms with Crippen molar-refractivity contribution in [2.75, 3.05) is 25.2 Å². The predicted octanol–water partition coefficient (Wildman–Crippen LogP) is 0.406. The largest absolute Gasteiger partial charge is 0.493 e. The lowest BCUT2D eigenvalue weighted by atomic mass is 10.1. The molecule has 1 aliphatic rings. The van der Waals surface area contributed by atoms with Gasteiger partial charge in [0.05, 0.1) is 18.6 Å². The Morgan fingerprint density at radius 3 is 2.61 bits per heavy atom. The van der Waals surface area contributed by atoms with Crippen LogP contribution in [0, 0.1) is 0 Å². The van der Waals surface area contributed by atoms with Crippen LogP contribution in [-0.2, 0) is 16.3 Å². The van der Waals surface area contributed by atoms with E-state index < -0.39 is 9.84 Å². The zero-order valence-electron chi connectivity index (χ0n) is 10.1. The average molecular weight is 272 g/mol. The fourth-order valence-electron chi connectivity index (χ4n) is 1.86. The fraction of sp³-hybridized carbons (Fsp3) is 0.500. The zero-order valence-corrected chi connectivity index (χ0v) is 10.9. The summed E-state index contributed by atoms with van der Waals surface area (Å²) in [5.41, 5.74) is 0.947. The Labute approximate surface area is 106 Å². The molecule has 5 nitrogen and oxygen atoms in total. The Morgan fingerprint density at radius 1 is 1.33 bits per heavy atom. The SMILES string of the molecule is COc1cc(CCO)ccc1OC1CS(=O)(=O)C1. The van der Waals surface area contributed by atoms with Crippen molar-refractivity contribution in [3.8, 4) is 11.5 Å². The maximum atomic E-state index is 11.0. The lowest BCUT2D eigenvalue weighted by Gasteiger charge is -2.27. The van der Waals surface area contributed by atoms with E-state index in [0.29, 0.717) is 17.9 Å². The van der Waals surface area contributed by atoms with E-state index in [-0.39, 0.29) is 24.2 Å². The van der Waals surface area contributed by atoms with Gasteiger partial charge in [-0.25, -0.2) is 8.42 Å². The highest BCUT2D eigenvalue weighted by Gasteiger charge is 2.35. The van der Waals surface area contributed by atoms with E-state index in [2.05, 4.69) is 0 Å². The van der Waals surface area contributed by atoms with Crippen LogP contribution >= 0.6 is 0 Å². The molecule has 1 N–H and O–H groups in total. The van der Waals surface area contributed by atoms with Gasteiger partial charge in [0.25, 0.3) is 0 Å². The van der Waals surface area contributed by atoms with Crippen LogP contribution in [0.15, 0.2) is 18.2 Å². The van der Waals surface area contributed by atoms with Crippen molar-refractivity contribution in [3.05, 3.63) is 23.8 Å². The van der Waals surface area contributed by atoms with Crippen LogP contribution in [-0.4, -0.2) is 44.9 Å². The molecule has 100 valence electrons. The first-order valence-corrected chi connectivity index (χ1v) is 7.51. The molecule has 1 aliphatic heterocycles. The van der Waals surface area contributed by atoms with Crippen molar-refractivity contribution >= 4 is 9.84 Å². The molecule has 0 aliphatic carbocycles.